The normalized spacial score (nSPS) is 14.4. The van der Waals surface area contributed by atoms with Gasteiger partial charge in [-0.05, 0) is 36.1 Å². The minimum Gasteiger partial charge on any atom is -0.349 e. The third-order valence-corrected chi connectivity index (χ3v) is 5.15. The first-order valence-corrected chi connectivity index (χ1v) is 9.72. The maximum absolute atomic E-state index is 12.6. The molecule has 0 spiro atoms. The fraction of sp³-hybridized carbons (Fsp3) is 0.217. The Kier molecular flexibility index (Phi) is 5.61. The summed E-state index contributed by atoms with van der Waals surface area (Å²) in [7, 11) is 0. The van der Waals surface area contributed by atoms with Crippen LogP contribution >= 0.6 is 0 Å². The van der Waals surface area contributed by atoms with E-state index in [1.54, 1.807) is 11.1 Å². The van der Waals surface area contributed by atoms with Crippen LogP contribution in [0, 0.1) is 0 Å². The Labute approximate surface area is 169 Å². The number of carbonyl (C=O) groups is 2. The second-order valence-electron chi connectivity index (χ2n) is 7.07. The molecule has 1 fully saturated rings. The molecule has 0 aliphatic carbocycles. The lowest BCUT2D eigenvalue weighted by molar-refractivity contribution is 0.0692. The number of amides is 2. The number of likely N-dealkylation sites (tertiary alicyclic amines) is 1. The van der Waals surface area contributed by atoms with E-state index in [1.807, 2.05) is 54.6 Å². The summed E-state index contributed by atoms with van der Waals surface area (Å²) >= 11 is 0. The highest BCUT2D eigenvalue weighted by Gasteiger charge is 2.25. The summed E-state index contributed by atoms with van der Waals surface area (Å²) in [5, 5.41) is 3.09. The van der Waals surface area contributed by atoms with Crippen LogP contribution in [0.2, 0.25) is 0 Å². The van der Waals surface area contributed by atoms with Gasteiger partial charge in [0.25, 0.3) is 11.8 Å². The van der Waals surface area contributed by atoms with Crippen molar-refractivity contribution in [2.75, 3.05) is 13.1 Å². The van der Waals surface area contributed by atoms with Crippen molar-refractivity contribution in [1.82, 2.24) is 20.2 Å². The van der Waals surface area contributed by atoms with Crippen molar-refractivity contribution in [2.24, 2.45) is 0 Å². The number of nitrogens with zero attached hydrogens (tertiary/aromatic N) is 3. The van der Waals surface area contributed by atoms with Gasteiger partial charge < -0.3 is 10.2 Å². The number of benzene rings is 2. The molecule has 0 atom stereocenters. The summed E-state index contributed by atoms with van der Waals surface area (Å²) in [5.74, 6) is -0.192. The Morgan fingerprint density at radius 3 is 2.24 bits per heavy atom. The van der Waals surface area contributed by atoms with E-state index in [4.69, 9.17) is 0 Å². The van der Waals surface area contributed by atoms with Gasteiger partial charge in [-0.1, -0.05) is 42.5 Å². The summed E-state index contributed by atoms with van der Waals surface area (Å²) < 4.78 is 0. The van der Waals surface area contributed by atoms with Crippen LogP contribution in [0.25, 0.3) is 11.1 Å². The van der Waals surface area contributed by atoms with Crippen molar-refractivity contribution in [1.29, 1.82) is 0 Å². The Hall–Kier alpha value is -3.54. The molecule has 1 aromatic heterocycles. The van der Waals surface area contributed by atoms with Gasteiger partial charge in [0.05, 0.1) is 6.20 Å². The molecule has 1 N–H and O–H groups in total. The van der Waals surface area contributed by atoms with Gasteiger partial charge in [-0.15, -0.1) is 0 Å². The number of carbonyl (C=O) groups excluding carboxylic acids is 2. The molecule has 1 aliphatic heterocycles. The summed E-state index contributed by atoms with van der Waals surface area (Å²) in [6.07, 6.45) is 5.99. The first-order valence-electron chi connectivity index (χ1n) is 9.72. The molecule has 29 heavy (non-hydrogen) atoms. The number of hydrogen-bond donors (Lipinski definition) is 1. The van der Waals surface area contributed by atoms with Crippen molar-refractivity contribution >= 4 is 11.8 Å². The number of nitrogens with one attached hydrogen (secondary N) is 1. The molecule has 3 aromatic rings. The molecule has 0 unspecified atom stereocenters. The minimum atomic E-state index is -0.112. The highest BCUT2D eigenvalue weighted by molar-refractivity contribution is 5.95. The van der Waals surface area contributed by atoms with E-state index >= 15 is 0 Å². The quantitative estimate of drug-likeness (QED) is 0.747. The average molecular weight is 386 g/mol. The smallest absolute Gasteiger partial charge is 0.274 e. The second-order valence-corrected chi connectivity index (χ2v) is 7.07. The van der Waals surface area contributed by atoms with Gasteiger partial charge in [-0.25, -0.2) is 4.98 Å². The van der Waals surface area contributed by atoms with E-state index in [0.29, 0.717) is 24.3 Å². The van der Waals surface area contributed by atoms with E-state index in [1.165, 1.54) is 12.4 Å². The van der Waals surface area contributed by atoms with Gasteiger partial charge in [0.1, 0.15) is 5.69 Å². The minimum absolute atomic E-state index is 0.0576. The van der Waals surface area contributed by atoms with Gasteiger partial charge in [0, 0.05) is 37.1 Å². The third kappa shape index (κ3) is 4.48. The third-order valence-electron chi connectivity index (χ3n) is 5.15. The molecule has 2 aromatic carbocycles. The Bertz CT molecular complexity index is 967. The molecular formula is C23H22N4O2. The zero-order valence-electron chi connectivity index (χ0n) is 16.0. The predicted octanol–water partition coefficient (Wildman–Crippen LogP) is 3.18. The molecule has 146 valence electrons. The standard InChI is InChI=1S/C23H22N4O2/c28-22(19-8-6-18(7-9-19)17-4-2-1-3-5-17)26-20-10-14-27(15-11-20)23(29)21-16-24-12-13-25-21/h1-9,12-13,16,20H,10-11,14-15H2,(H,26,28). The molecule has 0 bridgehead atoms. The first-order chi connectivity index (χ1) is 14.2. The van der Waals surface area contributed by atoms with Gasteiger partial charge in [0.2, 0.25) is 0 Å². The van der Waals surface area contributed by atoms with E-state index in [-0.39, 0.29) is 17.9 Å². The first kappa shape index (κ1) is 18.8. The maximum atomic E-state index is 12.6. The summed E-state index contributed by atoms with van der Waals surface area (Å²) in [6, 6.07) is 17.8. The van der Waals surface area contributed by atoms with Crippen molar-refractivity contribution in [3.63, 3.8) is 0 Å². The molecule has 4 rings (SSSR count). The highest BCUT2D eigenvalue weighted by Crippen LogP contribution is 2.20. The molecule has 6 nitrogen and oxygen atoms in total. The summed E-state index contributed by atoms with van der Waals surface area (Å²) in [4.78, 5) is 34.8. The van der Waals surface area contributed by atoms with E-state index < -0.39 is 0 Å². The van der Waals surface area contributed by atoms with Crippen LogP contribution in [0.15, 0.2) is 73.2 Å². The summed E-state index contributed by atoms with van der Waals surface area (Å²) in [5.41, 5.74) is 3.20. The molecule has 0 radical (unpaired) electrons. The fourth-order valence-corrected chi connectivity index (χ4v) is 3.51. The Morgan fingerprint density at radius 2 is 1.59 bits per heavy atom. The number of hydrogen-bond acceptors (Lipinski definition) is 4. The van der Waals surface area contributed by atoms with Crippen LogP contribution in [0.3, 0.4) is 0 Å². The Morgan fingerprint density at radius 1 is 0.897 bits per heavy atom. The predicted molar refractivity (Wildman–Crippen MR) is 110 cm³/mol. The van der Waals surface area contributed by atoms with Crippen molar-refractivity contribution in [3.05, 3.63) is 84.4 Å². The van der Waals surface area contributed by atoms with Gasteiger partial charge in [0.15, 0.2) is 0 Å². The molecule has 1 saturated heterocycles. The Balaban J connectivity index is 1.31. The van der Waals surface area contributed by atoms with Crippen molar-refractivity contribution in [3.8, 4) is 11.1 Å². The maximum Gasteiger partial charge on any atom is 0.274 e. The fourth-order valence-electron chi connectivity index (χ4n) is 3.51. The highest BCUT2D eigenvalue weighted by atomic mass is 16.2. The van der Waals surface area contributed by atoms with Crippen molar-refractivity contribution < 1.29 is 9.59 Å². The van der Waals surface area contributed by atoms with Crippen LogP contribution in [0.1, 0.15) is 33.7 Å². The SMILES string of the molecule is O=C(NC1CCN(C(=O)c2cnccn2)CC1)c1ccc(-c2ccccc2)cc1. The molecule has 2 heterocycles. The van der Waals surface area contributed by atoms with Crippen LogP contribution in [-0.4, -0.2) is 45.8 Å². The lowest BCUT2D eigenvalue weighted by Gasteiger charge is -2.32. The van der Waals surface area contributed by atoms with Crippen LogP contribution in [0.4, 0.5) is 0 Å². The molecule has 6 heteroatoms. The van der Waals surface area contributed by atoms with Crippen LogP contribution < -0.4 is 5.32 Å². The van der Waals surface area contributed by atoms with E-state index in [0.717, 1.165) is 24.0 Å². The second kappa shape index (κ2) is 8.65. The molecule has 2 amide bonds. The zero-order valence-corrected chi connectivity index (χ0v) is 16.0. The van der Waals surface area contributed by atoms with Gasteiger partial charge >= 0.3 is 0 Å². The van der Waals surface area contributed by atoms with E-state index in [2.05, 4.69) is 15.3 Å². The monoisotopic (exact) mass is 386 g/mol. The largest absolute Gasteiger partial charge is 0.349 e. The average Bonchev–Trinajstić information content (AvgIpc) is 2.80. The summed E-state index contributed by atoms with van der Waals surface area (Å²) in [6.45, 7) is 1.18. The molecule has 0 saturated carbocycles. The topological polar surface area (TPSA) is 75.2 Å². The lowest BCUT2D eigenvalue weighted by Crippen LogP contribution is -2.46. The van der Waals surface area contributed by atoms with Gasteiger partial charge in [-0.3, -0.25) is 14.6 Å². The lowest BCUT2D eigenvalue weighted by atomic mass is 10.0. The van der Waals surface area contributed by atoms with Crippen LogP contribution in [0.5, 0.6) is 0 Å². The van der Waals surface area contributed by atoms with Gasteiger partial charge in [-0.2, -0.15) is 0 Å². The molecular weight excluding hydrogens is 364 g/mol. The number of aromatic nitrogens is 2. The number of piperidine rings is 1. The van der Waals surface area contributed by atoms with Crippen molar-refractivity contribution in [2.45, 2.75) is 18.9 Å². The van der Waals surface area contributed by atoms with E-state index in [9.17, 15) is 9.59 Å². The zero-order chi connectivity index (χ0) is 20.1. The number of rotatable bonds is 4. The van der Waals surface area contributed by atoms with Crippen LogP contribution in [-0.2, 0) is 0 Å². The molecule has 1 aliphatic rings.